The third kappa shape index (κ3) is 1.05. The molecular weight excluding hydrogens is 174 g/mol. The van der Waals surface area contributed by atoms with E-state index in [-0.39, 0.29) is 0 Å². The minimum absolute atomic E-state index is 0.495. The second-order valence-corrected chi connectivity index (χ2v) is 3.06. The Balaban J connectivity index is 2.99. The van der Waals surface area contributed by atoms with Gasteiger partial charge in [0.2, 0.25) is 0 Å². The van der Waals surface area contributed by atoms with Crippen molar-refractivity contribution in [2.45, 2.75) is 0 Å². The molecule has 14 heavy (non-hydrogen) atoms. The molecule has 68 valence electrons. The van der Waals surface area contributed by atoms with Gasteiger partial charge in [0.25, 0.3) is 0 Å². The summed E-state index contributed by atoms with van der Waals surface area (Å²) in [6.45, 7) is 7.02. The Hall–Kier alpha value is -2.21. The number of hydrogen-bond acceptors (Lipinski definition) is 2. The highest BCUT2D eigenvalue weighted by Gasteiger charge is 2.05. The van der Waals surface area contributed by atoms with Crippen LogP contribution in [-0.2, 0) is 0 Å². The van der Waals surface area contributed by atoms with Gasteiger partial charge in [-0.1, -0.05) is 24.3 Å². The smallest absolute Gasteiger partial charge is 0.197 e. The van der Waals surface area contributed by atoms with E-state index in [4.69, 9.17) is 18.0 Å². The third-order valence-corrected chi connectivity index (χ3v) is 2.22. The van der Waals surface area contributed by atoms with Gasteiger partial charge in [-0.3, -0.25) is 0 Å². The minimum Gasteiger partial charge on any atom is -0.398 e. The van der Waals surface area contributed by atoms with Crippen LogP contribution in [-0.4, -0.2) is 0 Å². The average Bonchev–Trinajstić information content (AvgIpc) is 2.23. The molecule has 3 heteroatoms. The highest BCUT2D eigenvalue weighted by atomic mass is 14.7. The van der Waals surface area contributed by atoms with Crippen LogP contribution in [0.25, 0.3) is 15.6 Å². The highest BCUT2D eigenvalue weighted by Crippen LogP contribution is 2.34. The number of hydrogen-bond donors (Lipinski definition) is 2. The van der Waals surface area contributed by atoms with E-state index in [9.17, 15) is 0 Å². The van der Waals surface area contributed by atoms with Crippen LogP contribution in [0.3, 0.4) is 0 Å². The Morgan fingerprint density at radius 2 is 1.86 bits per heavy atom. The molecule has 0 saturated heterocycles. The van der Waals surface area contributed by atoms with Crippen LogP contribution >= 0.6 is 0 Å². The maximum absolute atomic E-state index is 7.02. The number of rotatable bonds is 0. The van der Waals surface area contributed by atoms with Gasteiger partial charge in [-0.15, -0.1) is 0 Å². The molecule has 0 aliphatic carbocycles. The standard InChI is InChI=1S/C11H9N3/c1-14-9-4-2-3-7-5-6-8(12)11(13)10(7)9/h2-6H,12-13H2. The summed E-state index contributed by atoms with van der Waals surface area (Å²) < 4.78 is 0. The van der Waals surface area contributed by atoms with Gasteiger partial charge in [0.1, 0.15) is 0 Å². The second kappa shape index (κ2) is 2.93. The van der Waals surface area contributed by atoms with E-state index in [1.807, 2.05) is 18.2 Å². The predicted molar refractivity (Wildman–Crippen MR) is 59.0 cm³/mol. The summed E-state index contributed by atoms with van der Waals surface area (Å²) in [7, 11) is 0. The number of anilines is 2. The second-order valence-electron chi connectivity index (χ2n) is 3.06. The zero-order valence-electron chi connectivity index (χ0n) is 7.49. The van der Waals surface area contributed by atoms with Gasteiger partial charge in [0.05, 0.1) is 17.9 Å². The quantitative estimate of drug-likeness (QED) is 0.487. The largest absolute Gasteiger partial charge is 0.398 e. The summed E-state index contributed by atoms with van der Waals surface area (Å²) in [5.74, 6) is 0. The van der Waals surface area contributed by atoms with Crippen molar-refractivity contribution in [3.63, 3.8) is 0 Å². The van der Waals surface area contributed by atoms with E-state index in [0.29, 0.717) is 17.1 Å². The fraction of sp³-hybridized carbons (Fsp3) is 0. The van der Waals surface area contributed by atoms with Crippen molar-refractivity contribution < 1.29 is 0 Å². The van der Waals surface area contributed by atoms with Crippen molar-refractivity contribution in [2.24, 2.45) is 0 Å². The molecule has 0 aromatic heterocycles. The average molecular weight is 183 g/mol. The lowest BCUT2D eigenvalue weighted by Gasteiger charge is -2.06. The maximum Gasteiger partial charge on any atom is 0.197 e. The summed E-state index contributed by atoms with van der Waals surface area (Å²) >= 11 is 0. The molecule has 0 atom stereocenters. The minimum atomic E-state index is 0.495. The Morgan fingerprint density at radius 3 is 2.57 bits per heavy atom. The van der Waals surface area contributed by atoms with Gasteiger partial charge < -0.3 is 11.5 Å². The fourth-order valence-corrected chi connectivity index (χ4v) is 1.50. The van der Waals surface area contributed by atoms with E-state index < -0.39 is 0 Å². The highest BCUT2D eigenvalue weighted by molar-refractivity contribution is 6.06. The normalized spacial score (nSPS) is 9.93. The molecule has 0 amide bonds. The summed E-state index contributed by atoms with van der Waals surface area (Å²) in [5.41, 5.74) is 13.1. The number of benzene rings is 2. The zero-order chi connectivity index (χ0) is 10.1. The summed E-state index contributed by atoms with van der Waals surface area (Å²) in [4.78, 5) is 3.42. The molecule has 0 spiro atoms. The zero-order valence-corrected chi connectivity index (χ0v) is 7.49. The number of fused-ring (bicyclic) bond motifs is 1. The Kier molecular flexibility index (Phi) is 1.76. The topological polar surface area (TPSA) is 56.4 Å². The molecular formula is C11H9N3. The molecule has 0 bridgehead atoms. The molecule has 4 N–H and O–H groups in total. The van der Waals surface area contributed by atoms with Crippen molar-refractivity contribution in [1.29, 1.82) is 0 Å². The molecule has 0 heterocycles. The molecule has 0 unspecified atom stereocenters. The van der Waals surface area contributed by atoms with Crippen molar-refractivity contribution in [3.05, 3.63) is 41.7 Å². The molecule has 0 aliphatic heterocycles. The van der Waals surface area contributed by atoms with Gasteiger partial charge in [0, 0.05) is 5.39 Å². The molecule has 0 saturated carbocycles. The SMILES string of the molecule is [C-]#[N+]c1cccc2ccc(N)c(N)c12. The van der Waals surface area contributed by atoms with Crippen LogP contribution in [0.2, 0.25) is 0 Å². The number of nitrogens with two attached hydrogens (primary N) is 2. The summed E-state index contributed by atoms with van der Waals surface area (Å²) in [6, 6.07) is 9.12. The number of nitrogens with zero attached hydrogens (tertiary/aromatic N) is 1. The van der Waals surface area contributed by atoms with Gasteiger partial charge >= 0.3 is 0 Å². The molecule has 0 fully saturated rings. The van der Waals surface area contributed by atoms with Crippen LogP contribution < -0.4 is 11.5 Å². The van der Waals surface area contributed by atoms with Crippen LogP contribution in [0.5, 0.6) is 0 Å². The van der Waals surface area contributed by atoms with E-state index in [2.05, 4.69) is 4.85 Å². The van der Waals surface area contributed by atoms with Gasteiger partial charge in [-0.25, -0.2) is 4.85 Å². The molecule has 0 radical (unpaired) electrons. The molecule has 2 aromatic rings. The van der Waals surface area contributed by atoms with Crippen molar-refractivity contribution in [1.82, 2.24) is 0 Å². The first-order valence-corrected chi connectivity index (χ1v) is 4.18. The van der Waals surface area contributed by atoms with Crippen LogP contribution in [0, 0.1) is 6.57 Å². The molecule has 0 aliphatic rings. The lowest BCUT2D eigenvalue weighted by molar-refractivity contribution is 1.71. The molecule has 2 aromatic carbocycles. The fourth-order valence-electron chi connectivity index (χ4n) is 1.50. The summed E-state index contributed by atoms with van der Waals surface area (Å²) in [5, 5.41) is 1.70. The van der Waals surface area contributed by atoms with E-state index in [0.717, 1.165) is 10.8 Å². The third-order valence-electron chi connectivity index (χ3n) is 2.22. The Labute approximate surface area is 81.8 Å². The first-order valence-electron chi connectivity index (χ1n) is 4.18. The molecule has 2 rings (SSSR count). The summed E-state index contributed by atoms with van der Waals surface area (Å²) in [6.07, 6.45) is 0. The van der Waals surface area contributed by atoms with Crippen molar-refractivity contribution in [2.75, 3.05) is 11.5 Å². The monoisotopic (exact) mass is 183 g/mol. The van der Waals surface area contributed by atoms with Gasteiger partial charge in [-0.05, 0) is 11.5 Å². The van der Waals surface area contributed by atoms with Crippen molar-refractivity contribution >= 4 is 27.8 Å². The lowest BCUT2D eigenvalue weighted by Crippen LogP contribution is -1.94. The van der Waals surface area contributed by atoms with Gasteiger partial charge in [0.15, 0.2) is 5.69 Å². The predicted octanol–water partition coefficient (Wildman–Crippen LogP) is 2.55. The van der Waals surface area contributed by atoms with Crippen LogP contribution in [0.15, 0.2) is 30.3 Å². The first-order chi connectivity index (χ1) is 6.74. The Bertz CT molecular complexity index is 538. The lowest BCUT2D eigenvalue weighted by atomic mass is 10.1. The van der Waals surface area contributed by atoms with Gasteiger partial charge in [-0.2, -0.15) is 0 Å². The van der Waals surface area contributed by atoms with E-state index in [1.165, 1.54) is 0 Å². The Morgan fingerprint density at radius 1 is 1.07 bits per heavy atom. The van der Waals surface area contributed by atoms with E-state index >= 15 is 0 Å². The van der Waals surface area contributed by atoms with Crippen LogP contribution in [0.1, 0.15) is 0 Å². The number of nitrogen functional groups attached to an aromatic ring is 2. The van der Waals surface area contributed by atoms with E-state index in [1.54, 1.807) is 12.1 Å². The molecule has 3 nitrogen and oxygen atoms in total. The van der Waals surface area contributed by atoms with Crippen molar-refractivity contribution in [3.8, 4) is 0 Å². The first kappa shape index (κ1) is 8.39. The van der Waals surface area contributed by atoms with Crippen LogP contribution in [0.4, 0.5) is 17.1 Å². The maximum atomic E-state index is 7.02.